The molecule has 2 amide bonds. The lowest BCUT2D eigenvalue weighted by molar-refractivity contribution is -0.139. The third-order valence-electron chi connectivity index (χ3n) is 4.49. The van der Waals surface area contributed by atoms with Gasteiger partial charge in [0.1, 0.15) is 5.69 Å². The van der Waals surface area contributed by atoms with Crippen LogP contribution in [0, 0.1) is 0 Å². The quantitative estimate of drug-likeness (QED) is 0.456. The van der Waals surface area contributed by atoms with Gasteiger partial charge in [0.25, 0.3) is 0 Å². The number of piperidine rings is 1. The maximum atomic E-state index is 11.8. The average Bonchev–Trinajstić information content (AvgIpc) is 3.18. The molecule has 9 heteroatoms. The summed E-state index contributed by atoms with van der Waals surface area (Å²) < 4.78 is 0. The molecule has 0 spiro atoms. The highest BCUT2D eigenvalue weighted by Crippen LogP contribution is 2.35. The summed E-state index contributed by atoms with van der Waals surface area (Å²) in [6.07, 6.45) is 7.09. The van der Waals surface area contributed by atoms with Gasteiger partial charge in [0, 0.05) is 19.1 Å². The van der Waals surface area contributed by atoms with Crippen LogP contribution >= 0.6 is 22.7 Å². The van der Waals surface area contributed by atoms with E-state index in [9.17, 15) is 9.59 Å². The van der Waals surface area contributed by atoms with E-state index in [1.54, 1.807) is 28.9 Å². The zero-order valence-corrected chi connectivity index (χ0v) is 16.4. The summed E-state index contributed by atoms with van der Waals surface area (Å²) in [5.41, 5.74) is 3.18. The Hall–Kier alpha value is -2.26. The highest BCUT2D eigenvalue weighted by atomic mass is 32.1. The Labute approximate surface area is 165 Å². The number of hydrogen-bond acceptors (Lipinski definition) is 7. The summed E-state index contributed by atoms with van der Waals surface area (Å²) in [6.45, 7) is 2.04. The highest BCUT2D eigenvalue weighted by molar-refractivity contribution is 7.18. The van der Waals surface area contributed by atoms with E-state index in [0.717, 1.165) is 46.5 Å². The van der Waals surface area contributed by atoms with Crippen molar-refractivity contribution < 1.29 is 9.59 Å². The second-order valence-corrected chi connectivity index (χ2v) is 8.64. The first-order valence-electron chi connectivity index (χ1n) is 9.14. The van der Waals surface area contributed by atoms with Crippen LogP contribution in [0.25, 0.3) is 10.6 Å². The normalized spacial score (nSPS) is 17.3. The number of rotatable bonds is 5. The number of carbonyl (C=O) groups is 2. The molecule has 4 rings (SSSR count). The number of aromatic nitrogens is 1. The van der Waals surface area contributed by atoms with Crippen LogP contribution in [0.2, 0.25) is 0 Å². The SMILES string of the molecule is O=C(N/N=C\c1sc(N2CCCCC2)nc1-c1cccs1)C(=O)NC1CC1. The second-order valence-electron chi connectivity index (χ2n) is 6.68. The van der Waals surface area contributed by atoms with E-state index in [1.165, 1.54) is 19.3 Å². The van der Waals surface area contributed by atoms with Gasteiger partial charge in [-0.2, -0.15) is 5.10 Å². The van der Waals surface area contributed by atoms with Crippen molar-refractivity contribution in [2.24, 2.45) is 5.10 Å². The molecule has 2 fully saturated rings. The Kier molecular flexibility index (Phi) is 5.49. The van der Waals surface area contributed by atoms with E-state index in [-0.39, 0.29) is 6.04 Å². The maximum absolute atomic E-state index is 11.8. The fraction of sp³-hybridized carbons (Fsp3) is 0.444. The van der Waals surface area contributed by atoms with Gasteiger partial charge >= 0.3 is 11.8 Å². The predicted molar refractivity (Wildman–Crippen MR) is 108 cm³/mol. The van der Waals surface area contributed by atoms with Crippen LogP contribution < -0.4 is 15.6 Å². The second kappa shape index (κ2) is 8.18. The molecule has 0 aromatic carbocycles. The van der Waals surface area contributed by atoms with Gasteiger partial charge in [-0.15, -0.1) is 11.3 Å². The molecule has 0 atom stereocenters. The molecule has 0 radical (unpaired) electrons. The summed E-state index contributed by atoms with van der Waals surface area (Å²) >= 11 is 3.19. The number of hydrazone groups is 1. The first-order valence-corrected chi connectivity index (χ1v) is 10.8. The van der Waals surface area contributed by atoms with Crippen LogP contribution in [-0.4, -0.2) is 42.1 Å². The maximum Gasteiger partial charge on any atom is 0.329 e. The van der Waals surface area contributed by atoms with E-state index in [1.807, 2.05) is 17.5 Å². The molecule has 2 aliphatic rings. The van der Waals surface area contributed by atoms with Crippen LogP contribution in [0.1, 0.15) is 37.0 Å². The topological polar surface area (TPSA) is 86.7 Å². The van der Waals surface area contributed by atoms with Crippen LogP contribution in [0.3, 0.4) is 0 Å². The summed E-state index contributed by atoms with van der Waals surface area (Å²) in [5, 5.41) is 9.63. The van der Waals surface area contributed by atoms with E-state index >= 15 is 0 Å². The van der Waals surface area contributed by atoms with Crippen LogP contribution in [0.4, 0.5) is 5.13 Å². The number of carbonyl (C=O) groups excluding carboxylic acids is 2. The van der Waals surface area contributed by atoms with Crippen molar-refractivity contribution in [1.29, 1.82) is 0 Å². The number of amides is 2. The Morgan fingerprint density at radius 2 is 2.04 bits per heavy atom. The summed E-state index contributed by atoms with van der Waals surface area (Å²) in [6, 6.07) is 4.16. The van der Waals surface area contributed by atoms with Gasteiger partial charge in [0.15, 0.2) is 5.13 Å². The zero-order chi connectivity index (χ0) is 18.6. The minimum atomic E-state index is -0.739. The average molecular weight is 404 g/mol. The lowest BCUT2D eigenvalue weighted by Gasteiger charge is -2.25. The highest BCUT2D eigenvalue weighted by Gasteiger charge is 2.26. The van der Waals surface area contributed by atoms with Crippen molar-refractivity contribution in [3.8, 4) is 10.6 Å². The number of nitrogens with zero attached hydrogens (tertiary/aromatic N) is 3. The van der Waals surface area contributed by atoms with E-state index < -0.39 is 11.8 Å². The van der Waals surface area contributed by atoms with E-state index in [0.29, 0.717) is 0 Å². The molecule has 0 unspecified atom stereocenters. The van der Waals surface area contributed by atoms with Gasteiger partial charge in [-0.05, 0) is 43.6 Å². The lowest BCUT2D eigenvalue weighted by Crippen LogP contribution is -2.38. The molecular weight excluding hydrogens is 382 g/mol. The molecule has 0 bridgehead atoms. The first kappa shape index (κ1) is 18.1. The van der Waals surface area contributed by atoms with Crippen LogP contribution in [-0.2, 0) is 9.59 Å². The van der Waals surface area contributed by atoms with Crippen molar-refractivity contribution in [2.45, 2.75) is 38.1 Å². The standard InChI is InChI=1S/C18H21N5O2S2/c24-16(20-12-6-7-12)17(25)22-19-11-14-15(13-5-4-10-26-13)21-18(27-14)23-8-2-1-3-9-23/h4-5,10-12H,1-3,6-9H2,(H,20,24)(H,22,25)/b19-11-. The van der Waals surface area contributed by atoms with E-state index in [4.69, 9.17) is 4.98 Å². The number of hydrogen-bond donors (Lipinski definition) is 2. The van der Waals surface area contributed by atoms with E-state index in [2.05, 4.69) is 20.7 Å². The predicted octanol–water partition coefficient (Wildman–Crippen LogP) is 2.59. The van der Waals surface area contributed by atoms with Crippen molar-refractivity contribution in [2.75, 3.05) is 18.0 Å². The molecular formula is C18H21N5O2S2. The third-order valence-corrected chi connectivity index (χ3v) is 6.42. The lowest BCUT2D eigenvalue weighted by atomic mass is 10.1. The van der Waals surface area contributed by atoms with Crippen LogP contribution in [0.5, 0.6) is 0 Å². The Balaban J connectivity index is 1.48. The summed E-state index contributed by atoms with van der Waals surface area (Å²) in [4.78, 5) is 32.6. The summed E-state index contributed by atoms with van der Waals surface area (Å²) in [5.74, 6) is -1.37. The minimum Gasteiger partial charge on any atom is -0.348 e. The van der Waals surface area contributed by atoms with Crippen LogP contribution in [0.15, 0.2) is 22.6 Å². The Morgan fingerprint density at radius 3 is 2.74 bits per heavy atom. The molecule has 3 heterocycles. The zero-order valence-electron chi connectivity index (χ0n) is 14.8. The van der Waals surface area contributed by atoms with Gasteiger partial charge in [-0.25, -0.2) is 10.4 Å². The fourth-order valence-corrected chi connectivity index (χ4v) is 4.69. The smallest absolute Gasteiger partial charge is 0.329 e. The third kappa shape index (κ3) is 4.54. The first-order chi connectivity index (χ1) is 13.2. The van der Waals surface area contributed by atoms with Gasteiger partial charge in [-0.3, -0.25) is 9.59 Å². The monoisotopic (exact) mass is 403 g/mol. The summed E-state index contributed by atoms with van der Waals surface area (Å²) in [7, 11) is 0. The number of anilines is 1. The number of thiophene rings is 1. The Morgan fingerprint density at radius 1 is 1.22 bits per heavy atom. The molecule has 2 N–H and O–H groups in total. The molecule has 2 aromatic heterocycles. The molecule has 1 aliphatic carbocycles. The van der Waals surface area contributed by atoms with Crippen molar-refractivity contribution >= 4 is 45.8 Å². The molecule has 1 saturated carbocycles. The largest absolute Gasteiger partial charge is 0.348 e. The van der Waals surface area contributed by atoms with Crippen molar-refractivity contribution in [3.05, 3.63) is 22.4 Å². The number of thiazole rings is 1. The van der Waals surface area contributed by atoms with Gasteiger partial charge in [0.05, 0.1) is 16.0 Å². The van der Waals surface area contributed by atoms with Crippen molar-refractivity contribution in [3.63, 3.8) is 0 Å². The fourth-order valence-electron chi connectivity index (χ4n) is 2.90. The van der Waals surface area contributed by atoms with Crippen molar-refractivity contribution in [1.82, 2.24) is 15.7 Å². The number of nitrogens with one attached hydrogen (secondary N) is 2. The molecule has 27 heavy (non-hydrogen) atoms. The van der Waals surface area contributed by atoms with Gasteiger partial charge < -0.3 is 10.2 Å². The molecule has 142 valence electrons. The molecule has 1 saturated heterocycles. The molecule has 7 nitrogen and oxygen atoms in total. The van der Waals surface area contributed by atoms with Gasteiger partial charge in [-0.1, -0.05) is 17.4 Å². The Bertz CT molecular complexity index is 836. The molecule has 2 aromatic rings. The molecule has 1 aliphatic heterocycles. The minimum absolute atomic E-state index is 0.145. The van der Waals surface area contributed by atoms with Gasteiger partial charge in [0.2, 0.25) is 0 Å².